The van der Waals surface area contributed by atoms with E-state index < -0.39 is 11.7 Å². The van der Waals surface area contributed by atoms with Crippen LogP contribution < -0.4 is 4.74 Å². The standard InChI is InChI=1S/C13H15F3N2O2/c1-2-3-12(19)18-7-10(8-18)20-11-6-9(4-5-17-11)13(14,15)16/h4-6,10H,2-3,7-8H2,1H3. The Morgan fingerprint density at radius 3 is 2.80 bits per heavy atom. The number of hydrogen-bond acceptors (Lipinski definition) is 3. The predicted octanol–water partition coefficient (Wildman–Crippen LogP) is 2.49. The summed E-state index contributed by atoms with van der Waals surface area (Å²) in [4.78, 5) is 16.9. The minimum absolute atomic E-state index is 0.0457. The Kier molecular flexibility index (Phi) is 4.15. The minimum atomic E-state index is -4.41. The molecule has 0 saturated carbocycles. The molecule has 7 heteroatoms. The van der Waals surface area contributed by atoms with E-state index in [1.807, 2.05) is 6.92 Å². The molecule has 0 aliphatic carbocycles. The highest BCUT2D eigenvalue weighted by atomic mass is 19.4. The molecule has 110 valence electrons. The van der Waals surface area contributed by atoms with Gasteiger partial charge in [0.15, 0.2) is 0 Å². The second kappa shape index (κ2) is 5.68. The summed E-state index contributed by atoms with van der Waals surface area (Å²) in [6.07, 6.45) is -2.38. The van der Waals surface area contributed by atoms with Crippen LogP contribution in [0.15, 0.2) is 18.3 Å². The fraction of sp³-hybridized carbons (Fsp3) is 0.538. The topological polar surface area (TPSA) is 42.4 Å². The summed E-state index contributed by atoms with van der Waals surface area (Å²) in [6.45, 7) is 2.71. The third-order valence-electron chi connectivity index (χ3n) is 3.01. The number of ether oxygens (including phenoxy) is 1. The van der Waals surface area contributed by atoms with Gasteiger partial charge in [0.1, 0.15) is 6.10 Å². The summed E-state index contributed by atoms with van der Waals surface area (Å²) in [5.41, 5.74) is -0.791. The van der Waals surface area contributed by atoms with E-state index in [1.54, 1.807) is 4.90 Å². The van der Waals surface area contributed by atoms with Gasteiger partial charge in [0, 0.05) is 18.7 Å². The van der Waals surface area contributed by atoms with Crippen LogP contribution in [-0.4, -0.2) is 35.0 Å². The first-order chi connectivity index (χ1) is 9.40. The van der Waals surface area contributed by atoms with Crippen molar-refractivity contribution in [3.05, 3.63) is 23.9 Å². The summed E-state index contributed by atoms with van der Waals surface area (Å²) in [7, 11) is 0. The number of pyridine rings is 1. The zero-order valence-electron chi connectivity index (χ0n) is 11.0. The van der Waals surface area contributed by atoms with Gasteiger partial charge in [-0.05, 0) is 12.5 Å². The molecule has 1 fully saturated rings. The van der Waals surface area contributed by atoms with Crippen molar-refractivity contribution >= 4 is 5.91 Å². The van der Waals surface area contributed by atoms with Crippen molar-refractivity contribution in [3.8, 4) is 5.88 Å². The lowest BCUT2D eigenvalue weighted by molar-refractivity contribution is -0.140. The van der Waals surface area contributed by atoms with Gasteiger partial charge in [0.2, 0.25) is 11.8 Å². The van der Waals surface area contributed by atoms with E-state index in [4.69, 9.17) is 4.74 Å². The maximum atomic E-state index is 12.5. The van der Waals surface area contributed by atoms with Crippen LogP contribution in [0.5, 0.6) is 5.88 Å². The number of carbonyl (C=O) groups excluding carboxylic acids is 1. The molecule has 1 aliphatic rings. The van der Waals surface area contributed by atoms with Gasteiger partial charge in [-0.3, -0.25) is 4.79 Å². The van der Waals surface area contributed by atoms with E-state index in [-0.39, 0.29) is 17.9 Å². The fourth-order valence-electron chi connectivity index (χ4n) is 1.91. The molecule has 0 aromatic carbocycles. The zero-order chi connectivity index (χ0) is 14.8. The van der Waals surface area contributed by atoms with Crippen LogP contribution in [0.25, 0.3) is 0 Å². The number of carbonyl (C=O) groups is 1. The van der Waals surface area contributed by atoms with Crippen LogP contribution >= 0.6 is 0 Å². The van der Waals surface area contributed by atoms with Crippen molar-refractivity contribution in [2.24, 2.45) is 0 Å². The molecule has 2 rings (SSSR count). The number of alkyl halides is 3. The number of likely N-dealkylation sites (tertiary alicyclic amines) is 1. The molecule has 1 amide bonds. The Labute approximate surface area is 114 Å². The van der Waals surface area contributed by atoms with Crippen LogP contribution in [0.4, 0.5) is 13.2 Å². The van der Waals surface area contributed by atoms with Crippen LogP contribution in [0.1, 0.15) is 25.3 Å². The van der Waals surface area contributed by atoms with Gasteiger partial charge in [0.05, 0.1) is 18.7 Å². The van der Waals surface area contributed by atoms with E-state index in [0.717, 1.165) is 24.8 Å². The summed E-state index contributed by atoms with van der Waals surface area (Å²) in [6, 6.07) is 1.77. The molecule has 0 spiro atoms. The highest BCUT2D eigenvalue weighted by Gasteiger charge is 2.34. The Morgan fingerprint density at radius 2 is 2.20 bits per heavy atom. The van der Waals surface area contributed by atoms with Gasteiger partial charge >= 0.3 is 6.18 Å². The first-order valence-corrected chi connectivity index (χ1v) is 6.38. The molecular weight excluding hydrogens is 273 g/mol. The van der Waals surface area contributed by atoms with Crippen molar-refractivity contribution < 1.29 is 22.7 Å². The summed E-state index contributed by atoms with van der Waals surface area (Å²) < 4.78 is 42.9. The molecule has 4 nitrogen and oxygen atoms in total. The van der Waals surface area contributed by atoms with Crippen LogP contribution in [0, 0.1) is 0 Å². The number of nitrogens with zero attached hydrogens (tertiary/aromatic N) is 2. The van der Waals surface area contributed by atoms with Gasteiger partial charge in [-0.15, -0.1) is 0 Å². The number of rotatable bonds is 4. The average Bonchev–Trinajstić information content (AvgIpc) is 2.33. The van der Waals surface area contributed by atoms with E-state index in [0.29, 0.717) is 19.5 Å². The van der Waals surface area contributed by atoms with Crippen molar-refractivity contribution in [2.75, 3.05) is 13.1 Å². The number of hydrogen-bond donors (Lipinski definition) is 0. The maximum absolute atomic E-state index is 12.5. The molecule has 20 heavy (non-hydrogen) atoms. The average molecular weight is 288 g/mol. The second-order valence-corrected chi connectivity index (χ2v) is 4.67. The van der Waals surface area contributed by atoms with Gasteiger partial charge in [-0.1, -0.05) is 6.92 Å². The predicted molar refractivity (Wildman–Crippen MR) is 65.1 cm³/mol. The Balaban J connectivity index is 1.89. The monoisotopic (exact) mass is 288 g/mol. The van der Waals surface area contributed by atoms with Crippen LogP contribution in [-0.2, 0) is 11.0 Å². The lowest BCUT2D eigenvalue weighted by Crippen LogP contribution is -2.56. The highest BCUT2D eigenvalue weighted by Crippen LogP contribution is 2.30. The first-order valence-electron chi connectivity index (χ1n) is 6.38. The fourth-order valence-corrected chi connectivity index (χ4v) is 1.91. The molecule has 0 N–H and O–H groups in total. The number of halogens is 3. The normalized spacial score (nSPS) is 15.9. The van der Waals surface area contributed by atoms with Crippen LogP contribution in [0.2, 0.25) is 0 Å². The van der Waals surface area contributed by atoms with Crippen molar-refractivity contribution in [1.29, 1.82) is 0 Å². The Morgan fingerprint density at radius 1 is 1.50 bits per heavy atom. The Hall–Kier alpha value is -1.79. The SMILES string of the molecule is CCCC(=O)N1CC(Oc2cc(C(F)(F)F)ccn2)C1. The molecule has 1 saturated heterocycles. The van der Waals surface area contributed by atoms with Gasteiger partial charge < -0.3 is 9.64 Å². The largest absolute Gasteiger partial charge is 0.471 e. The second-order valence-electron chi connectivity index (χ2n) is 4.67. The molecule has 1 aliphatic heterocycles. The molecule has 2 heterocycles. The smallest absolute Gasteiger partial charge is 0.416 e. The number of aromatic nitrogens is 1. The molecule has 1 aromatic rings. The lowest BCUT2D eigenvalue weighted by Gasteiger charge is -2.38. The Bertz CT molecular complexity index is 485. The molecule has 1 aromatic heterocycles. The van der Waals surface area contributed by atoms with E-state index in [1.165, 1.54) is 0 Å². The number of amides is 1. The van der Waals surface area contributed by atoms with Gasteiger partial charge in [0.25, 0.3) is 0 Å². The van der Waals surface area contributed by atoms with E-state index in [9.17, 15) is 18.0 Å². The maximum Gasteiger partial charge on any atom is 0.416 e. The first kappa shape index (κ1) is 14.6. The molecule has 0 radical (unpaired) electrons. The van der Waals surface area contributed by atoms with Crippen molar-refractivity contribution in [2.45, 2.75) is 32.0 Å². The summed E-state index contributed by atoms with van der Waals surface area (Å²) >= 11 is 0. The van der Waals surface area contributed by atoms with E-state index >= 15 is 0 Å². The summed E-state index contributed by atoms with van der Waals surface area (Å²) in [5.74, 6) is -0.0169. The molecule has 0 unspecified atom stereocenters. The van der Waals surface area contributed by atoms with Gasteiger partial charge in [-0.2, -0.15) is 13.2 Å². The molecular formula is C13H15F3N2O2. The van der Waals surface area contributed by atoms with Crippen molar-refractivity contribution in [3.63, 3.8) is 0 Å². The van der Waals surface area contributed by atoms with Crippen LogP contribution in [0.3, 0.4) is 0 Å². The van der Waals surface area contributed by atoms with E-state index in [2.05, 4.69) is 4.98 Å². The minimum Gasteiger partial charge on any atom is -0.471 e. The summed E-state index contributed by atoms with van der Waals surface area (Å²) in [5, 5.41) is 0. The third-order valence-corrected chi connectivity index (χ3v) is 3.01. The zero-order valence-corrected chi connectivity index (χ0v) is 11.0. The van der Waals surface area contributed by atoms with Crippen molar-refractivity contribution in [1.82, 2.24) is 9.88 Å². The lowest BCUT2D eigenvalue weighted by atomic mass is 10.1. The quantitative estimate of drug-likeness (QED) is 0.855. The van der Waals surface area contributed by atoms with Gasteiger partial charge in [-0.25, -0.2) is 4.98 Å². The molecule has 0 bridgehead atoms. The third kappa shape index (κ3) is 3.40. The highest BCUT2D eigenvalue weighted by molar-refractivity contribution is 5.77. The molecule has 0 atom stereocenters.